The van der Waals surface area contributed by atoms with E-state index in [9.17, 15) is 9.90 Å². The van der Waals surface area contributed by atoms with Crippen molar-refractivity contribution in [3.8, 4) is 11.8 Å². The number of carbonyl (C=O) groups is 1. The Balaban J connectivity index is 2.76. The lowest BCUT2D eigenvalue weighted by atomic mass is 10.0. The number of amides is 2. The quantitative estimate of drug-likeness (QED) is 0.749. The average Bonchev–Trinajstić information content (AvgIpc) is 2.47. The Morgan fingerprint density at radius 3 is 2.76 bits per heavy atom. The van der Waals surface area contributed by atoms with E-state index in [0.29, 0.717) is 30.0 Å². The van der Waals surface area contributed by atoms with E-state index in [1.54, 1.807) is 25.1 Å². The molecule has 0 unspecified atom stereocenters. The molecule has 6 nitrogen and oxygen atoms in total. The normalized spacial score (nSPS) is 12.9. The number of anilines is 1. The van der Waals surface area contributed by atoms with E-state index >= 15 is 0 Å². The zero-order chi connectivity index (χ0) is 15.9. The summed E-state index contributed by atoms with van der Waals surface area (Å²) >= 11 is 0. The number of nitrogens with one attached hydrogen (secondary N) is 2. The van der Waals surface area contributed by atoms with E-state index < -0.39 is 11.6 Å². The Kier molecular flexibility index (Phi) is 6.00. The molecule has 2 amide bonds. The average molecular weight is 291 g/mol. The number of nitriles is 1. The van der Waals surface area contributed by atoms with Crippen molar-refractivity contribution in [1.29, 1.82) is 5.26 Å². The second kappa shape index (κ2) is 7.50. The van der Waals surface area contributed by atoms with Crippen molar-refractivity contribution in [3.05, 3.63) is 23.8 Å². The standard InChI is InChI=1S/C15H21N3O3/c1-4-15(3,20)10-17-14(19)18-12-8-11(9-16)6-7-13(12)21-5-2/h6-8,20H,4-5,10H2,1-3H3,(H2,17,18,19)/t15-/m0/s1. The second-order valence-electron chi connectivity index (χ2n) is 4.91. The maximum atomic E-state index is 11.9. The van der Waals surface area contributed by atoms with Gasteiger partial charge in [-0.3, -0.25) is 0 Å². The number of benzene rings is 1. The van der Waals surface area contributed by atoms with Gasteiger partial charge in [-0.15, -0.1) is 0 Å². The molecular formula is C15H21N3O3. The van der Waals surface area contributed by atoms with Gasteiger partial charge >= 0.3 is 6.03 Å². The molecule has 0 radical (unpaired) electrons. The molecule has 0 fully saturated rings. The number of aliphatic hydroxyl groups is 1. The van der Waals surface area contributed by atoms with E-state index in [2.05, 4.69) is 10.6 Å². The minimum Gasteiger partial charge on any atom is -0.492 e. The molecule has 1 aromatic carbocycles. The first-order chi connectivity index (χ1) is 9.91. The van der Waals surface area contributed by atoms with E-state index in [1.807, 2.05) is 19.9 Å². The number of hydrogen-bond acceptors (Lipinski definition) is 4. The van der Waals surface area contributed by atoms with Crippen molar-refractivity contribution in [2.45, 2.75) is 32.8 Å². The van der Waals surface area contributed by atoms with Gasteiger partial charge in [0.25, 0.3) is 0 Å². The predicted octanol–water partition coefficient (Wildman–Crippen LogP) is 2.24. The summed E-state index contributed by atoms with van der Waals surface area (Å²) in [7, 11) is 0. The first-order valence-electron chi connectivity index (χ1n) is 6.86. The van der Waals surface area contributed by atoms with Crippen molar-refractivity contribution in [2.75, 3.05) is 18.5 Å². The summed E-state index contributed by atoms with van der Waals surface area (Å²) in [5.41, 5.74) is -0.104. The zero-order valence-electron chi connectivity index (χ0n) is 12.6. The van der Waals surface area contributed by atoms with Gasteiger partial charge in [-0.05, 0) is 38.5 Å². The topological polar surface area (TPSA) is 94.4 Å². The van der Waals surface area contributed by atoms with Gasteiger partial charge in [0.05, 0.1) is 29.5 Å². The Bertz CT molecular complexity index is 535. The number of nitrogens with zero attached hydrogens (tertiary/aromatic N) is 1. The van der Waals surface area contributed by atoms with Crippen LogP contribution < -0.4 is 15.4 Å². The fraction of sp³-hybridized carbons (Fsp3) is 0.467. The summed E-state index contributed by atoms with van der Waals surface area (Å²) in [4.78, 5) is 11.9. The molecule has 0 saturated carbocycles. The van der Waals surface area contributed by atoms with Crippen molar-refractivity contribution >= 4 is 11.7 Å². The van der Waals surface area contributed by atoms with Crippen LogP contribution in [0.3, 0.4) is 0 Å². The summed E-state index contributed by atoms with van der Waals surface area (Å²) in [6, 6.07) is 6.35. The molecule has 114 valence electrons. The third-order valence-electron chi connectivity index (χ3n) is 3.05. The molecule has 0 bridgehead atoms. The lowest BCUT2D eigenvalue weighted by Gasteiger charge is -2.22. The molecule has 0 aliphatic rings. The molecule has 1 atom stereocenters. The molecule has 6 heteroatoms. The van der Waals surface area contributed by atoms with Gasteiger partial charge in [0, 0.05) is 6.54 Å². The van der Waals surface area contributed by atoms with Crippen LogP contribution >= 0.6 is 0 Å². The van der Waals surface area contributed by atoms with Crippen LogP contribution in [-0.4, -0.2) is 29.9 Å². The van der Waals surface area contributed by atoms with Crippen molar-refractivity contribution in [1.82, 2.24) is 5.32 Å². The molecule has 1 aromatic rings. The Hall–Kier alpha value is -2.26. The van der Waals surface area contributed by atoms with Crippen molar-refractivity contribution < 1.29 is 14.6 Å². The Morgan fingerprint density at radius 2 is 2.19 bits per heavy atom. The largest absolute Gasteiger partial charge is 0.492 e. The van der Waals surface area contributed by atoms with Crippen LogP contribution in [0.25, 0.3) is 0 Å². The van der Waals surface area contributed by atoms with Crippen LogP contribution in [-0.2, 0) is 0 Å². The van der Waals surface area contributed by atoms with Gasteiger partial charge in [-0.2, -0.15) is 5.26 Å². The smallest absolute Gasteiger partial charge is 0.319 e. The molecule has 0 heterocycles. The minimum absolute atomic E-state index is 0.136. The van der Waals surface area contributed by atoms with Gasteiger partial charge in [0.2, 0.25) is 0 Å². The molecule has 0 saturated heterocycles. The summed E-state index contributed by atoms with van der Waals surface area (Å²) in [5, 5.41) is 24.0. The summed E-state index contributed by atoms with van der Waals surface area (Å²) in [6.45, 7) is 5.91. The lowest BCUT2D eigenvalue weighted by molar-refractivity contribution is 0.0587. The SMILES string of the molecule is CCOc1ccc(C#N)cc1NC(=O)NC[C@@](C)(O)CC. The lowest BCUT2D eigenvalue weighted by Crippen LogP contribution is -2.41. The highest BCUT2D eigenvalue weighted by Crippen LogP contribution is 2.25. The zero-order valence-corrected chi connectivity index (χ0v) is 12.6. The Labute approximate surface area is 124 Å². The third kappa shape index (κ3) is 5.32. The number of rotatable bonds is 6. The number of carbonyl (C=O) groups excluding carboxylic acids is 1. The molecule has 0 aliphatic heterocycles. The first-order valence-corrected chi connectivity index (χ1v) is 6.86. The Morgan fingerprint density at radius 1 is 1.48 bits per heavy atom. The molecule has 21 heavy (non-hydrogen) atoms. The van der Waals surface area contributed by atoms with Crippen molar-refractivity contribution in [2.24, 2.45) is 0 Å². The van der Waals surface area contributed by atoms with Crippen molar-refractivity contribution in [3.63, 3.8) is 0 Å². The predicted molar refractivity (Wildman–Crippen MR) is 80.3 cm³/mol. The van der Waals surface area contributed by atoms with E-state index in [4.69, 9.17) is 10.00 Å². The molecule has 3 N–H and O–H groups in total. The molecular weight excluding hydrogens is 270 g/mol. The van der Waals surface area contributed by atoms with Crippen LogP contribution in [0, 0.1) is 11.3 Å². The van der Waals surface area contributed by atoms with Crippen LogP contribution in [0.4, 0.5) is 10.5 Å². The highest BCUT2D eigenvalue weighted by Gasteiger charge is 2.18. The summed E-state index contributed by atoms with van der Waals surface area (Å²) in [5.74, 6) is 0.494. The fourth-order valence-corrected chi connectivity index (χ4v) is 1.54. The molecule has 0 aromatic heterocycles. The maximum absolute atomic E-state index is 11.9. The van der Waals surface area contributed by atoms with E-state index in [1.165, 1.54) is 0 Å². The number of urea groups is 1. The highest BCUT2D eigenvalue weighted by atomic mass is 16.5. The summed E-state index contributed by atoms with van der Waals surface area (Å²) < 4.78 is 5.40. The van der Waals surface area contributed by atoms with E-state index in [-0.39, 0.29) is 6.54 Å². The number of hydrogen-bond donors (Lipinski definition) is 3. The van der Waals surface area contributed by atoms with Crippen LogP contribution in [0.2, 0.25) is 0 Å². The van der Waals surface area contributed by atoms with Gasteiger partial charge in [0.15, 0.2) is 0 Å². The summed E-state index contributed by atoms with van der Waals surface area (Å²) in [6.07, 6.45) is 0.529. The molecule has 1 rings (SSSR count). The molecule has 0 aliphatic carbocycles. The third-order valence-corrected chi connectivity index (χ3v) is 3.05. The van der Waals surface area contributed by atoms with E-state index in [0.717, 1.165) is 0 Å². The monoisotopic (exact) mass is 291 g/mol. The van der Waals surface area contributed by atoms with Gasteiger partial charge in [-0.1, -0.05) is 6.92 Å². The molecule has 0 spiro atoms. The highest BCUT2D eigenvalue weighted by molar-refractivity contribution is 5.91. The number of ether oxygens (including phenoxy) is 1. The maximum Gasteiger partial charge on any atom is 0.319 e. The fourth-order valence-electron chi connectivity index (χ4n) is 1.54. The van der Waals surface area contributed by atoms with Gasteiger partial charge in [0.1, 0.15) is 5.75 Å². The van der Waals surface area contributed by atoms with Gasteiger partial charge in [-0.25, -0.2) is 4.79 Å². The second-order valence-corrected chi connectivity index (χ2v) is 4.91. The van der Waals surface area contributed by atoms with Gasteiger partial charge < -0.3 is 20.5 Å². The van der Waals surface area contributed by atoms with Crippen LogP contribution in [0.1, 0.15) is 32.8 Å². The first kappa shape index (κ1) is 16.8. The van der Waals surface area contributed by atoms with Crippen LogP contribution in [0.5, 0.6) is 5.75 Å². The minimum atomic E-state index is -0.950. The van der Waals surface area contributed by atoms with Crippen LogP contribution in [0.15, 0.2) is 18.2 Å².